The summed E-state index contributed by atoms with van der Waals surface area (Å²) in [6, 6.07) is 14.8. The van der Waals surface area contributed by atoms with E-state index in [0.717, 1.165) is 24.7 Å². The molecule has 110 valence electrons. The van der Waals surface area contributed by atoms with Gasteiger partial charge in [-0.15, -0.1) is 0 Å². The zero-order valence-corrected chi connectivity index (χ0v) is 13.2. The van der Waals surface area contributed by atoms with Gasteiger partial charge < -0.3 is 4.90 Å². The predicted molar refractivity (Wildman–Crippen MR) is 89.1 cm³/mol. The fourth-order valence-electron chi connectivity index (χ4n) is 3.18. The van der Waals surface area contributed by atoms with Gasteiger partial charge in [-0.2, -0.15) is 0 Å². The van der Waals surface area contributed by atoms with E-state index in [-0.39, 0.29) is 0 Å². The van der Waals surface area contributed by atoms with Crippen molar-refractivity contribution in [2.75, 3.05) is 18.0 Å². The lowest BCUT2D eigenvalue weighted by molar-refractivity contribution is 0.403. The van der Waals surface area contributed by atoms with E-state index in [4.69, 9.17) is 11.6 Å². The molecule has 0 radical (unpaired) electrons. The molecule has 1 saturated heterocycles. The maximum Gasteiger partial charge on any atom is 0.129 e. The molecule has 3 rings (SSSR count). The predicted octanol–water partition coefficient (Wildman–Crippen LogP) is 4.50. The summed E-state index contributed by atoms with van der Waals surface area (Å²) in [5.74, 6) is 0.796. The van der Waals surface area contributed by atoms with Crippen LogP contribution in [0.1, 0.15) is 24.1 Å². The Morgan fingerprint density at radius 3 is 2.48 bits per heavy atom. The van der Waals surface area contributed by atoms with Crippen molar-refractivity contribution in [2.24, 2.45) is 5.92 Å². The molecule has 1 aliphatic rings. The highest BCUT2D eigenvalue weighted by atomic mass is 35.5. The minimum Gasteiger partial charge on any atom is -0.370 e. The Balaban J connectivity index is 1.60. The first-order chi connectivity index (χ1) is 10.2. The SMILES string of the molecule is Cc1nc(Cl)ccc1N1CCC(Cc2ccccc2)CC1. The van der Waals surface area contributed by atoms with Crippen LogP contribution >= 0.6 is 11.6 Å². The summed E-state index contributed by atoms with van der Waals surface area (Å²) in [6.07, 6.45) is 3.69. The lowest BCUT2D eigenvalue weighted by Crippen LogP contribution is -2.34. The monoisotopic (exact) mass is 300 g/mol. The highest BCUT2D eigenvalue weighted by molar-refractivity contribution is 6.29. The number of benzene rings is 1. The Morgan fingerprint density at radius 2 is 1.81 bits per heavy atom. The van der Waals surface area contributed by atoms with Crippen LogP contribution in [0.25, 0.3) is 0 Å². The van der Waals surface area contributed by atoms with Crippen molar-refractivity contribution in [3.63, 3.8) is 0 Å². The van der Waals surface area contributed by atoms with E-state index in [1.807, 2.05) is 13.0 Å². The number of halogens is 1. The zero-order valence-electron chi connectivity index (χ0n) is 12.4. The van der Waals surface area contributed by atoms with Crippen LogP contribution in [0.2, 0.25) is 5.15 Å². The Bertz CT molecular complexity index is 589. The lowest BCUT2D eigenvalue weighted by Gasteiger charge is -2.34. The molecule has 0 atom stereocenters. The molecule has 0 unspecified atom stereocenters. The van der Waals surface area contributed by atoms with Crippen molar-refractivity contribution < 1.29 is 0 Å². The van der Waals surface area contributed by atoms with Gasteiger partial charge in [0.1, 0.15) is 5.15 Å². The number of aryl methyl sites for hydroxylation is 1. The number of aromatic nitrogens is 1. The molecule has 2 nitrogen and oxygen atoms in total. The van der Waals surface area contributed by atoms with Crippen molar-refractivity contribution in [3.8, 4) is 0 Å². The molecule has 21 heavy (non-hydrogen) atoms. The van der Waals surface area contributed by atoms with Gasteiger partial charge in [-0.05, 0) is 49.8 Å². The smallest absolute Gasteiger partial charge is 0.129 e. The summed E-state index contributed by atoms with van der Waals surface area (Å²) >= 11 is 5.94. The molecular weight excluding hydrogens is 280 g/mol. The molecule has 0 bridgehead atoms. The van der Waals surface area contributed by atoms with Crippen LogP contribution in [-0.2, 0) is 6.42 Å². The number of piperidine rings is 1. The second-order valence-electron chi connectivity index (χ2n) is 5.86. The molecule has 2 aromatic rings. The van der Waals surface area contributed by atoms with Crippen LogP contribution in [0.5, 0.6) is 0 Å². The Kier molecular flexibility index (Phi) is 4.45. The molecule has 0 spiro atoms. The number of nitrogens with zero attached hydrogens (tertiary/aromatic N) is 2. The molecule has 3 heteroatoms. The highest BCUT2D eigenvalue weighted by Gasteiger charge is 2.21. The van der Waals surface area contributed by atoms with Crippen molar-refractivity contribution in [1.82, 2.24) is 4.98 Å². The van der Waals surface area contributed by atoms with E-state index in [9.17, 15) is 0 Å². The van der Waals surface area contributed by atoms with Crippen molar-refractivity contribution >= 4 is 17.3 Å². The summed E-state index contributed by atoms with van der Waals surface area (Å²) in [5, 5.41) is 0.579. The van der Waals surface area contributed by atoms with Gasteiger partial charge in [0.15, 0.2) is 0 Å². The minimum absolute atomic E-state index is 0.579. The summed E-state index contributed by atoms with van der Waals surface area (Å²) in [7, 11) is 0. The topological polar surface area (TPSA) is 16.1 Å². The van der Waals surface area contributed by atoms with Gasteiger partial charge in [-0.3, -0.25) is 0 Å². The molecular formula is C18H21ClN2. The number of hydrogen-bond donors (Lipinski definition) is 0. The first-order valence-corrected chi connectivity index (χ1v) is 8.02. The third-order valence-corrected chi connectivity index (χ3v) is 4.56. The minimum atomic E-state index is 0.579. The van der Waals surface area contributed by atoms with Crippen LogP contribution in [0.3, 0.4) is 0 Å². The van der Waals surface area contributed by atoms with Gasteiger partial charge in [0.2, 0.25) is 0 Å². The number of anilines is 1. The number of pyridine rings is 1. The summed E-state index contributed by atoms with van der Waals surface area (Å²) in [5.41, 5.74) is 3.72. The van der Waals surface area contributed by atoms with Crippen LogP contribution in [0.15, 0.2) is 42.5 Å². The van der Waals surface area contributed by atoms with Gasteiger partial charge in [0.05, 0.1) is 11.4 Å². The first-order valence-electron chi connectivity index (χ1n) is 7.64. The third kappa shape index (κ3) is 3.56. The highest BCUT2D eigenvalue weighted by Crippen LogP contribution is 2.27. The van der Waals surface area contributed by atoms with E-state index in [1.54, 1.807) is 0 Å². The standard InChI is InChI=1S/C18H21ClN2/c1-14-17(7-8-18(19)20-14)21-11-9-16(10-12-21)13-15-5-3-2-4-6-15/h2-8,16H,9-13H2,1H3. The summed E-state index contributed by atoms with van der Waals surface area (Å²) < 4.78 is 0. The average molecular weight is 301 g/mol. The number of hydrogen-bond acceptors (Lipinski definition) is 2. The van der Waals surface area contributed by atoms with E-state index < -0.39 is 0 Å². The van der Waals surface area contributed by atoms with Gasteiger partial charge in [-0.25, -0.2) is 4.98 Å². The second kappa shape index (κ2) is 6.48. The zero-order chi connectivity index (χ0) is 14.7. The molecule has 1 aliphatic heterocycles. The van der Waals surface area contributed by atoms with Gasteiger partial charge in [0.25, 0.3) is 0 Å². The first kappa shape index (κ1) is 14.4. The van der Waals surface area contributed by atoms with Crippen molar-refractivity contribution in [1.29, 1.82) is 0 Å². The van der Waals surface area contributed by atoms with Crippen LogP contribution in [-0.4, -0.2) is 18.1 Å². The van der Waals surface area contributed by atoms with Gasteiger partial charge in [-0.1, -0.05) is 41.9 Å². The molecule has 0 amide bonds. The maximum atomic E-state index is 5.94. The maximum absolute atomic E-state index is 5.94. The lowest BCUT2D eigenvalue weighted by atomic mass is 9.90. The van der Waals surface area contributed by atoms with Crippen molar-refractivity contribution in [2.45, 2.75) is 26.2 Å². The molecule has 1 fully saturated rings. The van der Waals surface area contributed by atoms with Gasteiger partial charge >= 0.3 is 0 Å². The Morgan fingerprint density at radius 1 is 1.10 bits per heavy atom. The Labute approximate surface area is 131 Å². The molecule has 1 aromatic carbocycles. The van der Waals surface area contributed by atoms with E-state index >= 15 is 0 Å². The van der Waals surface area contributed by atoms with Crippen LogP contribution in [0, 0.1) is 12.8 Å². The third-order valence-electron chi connectivity index (χ3n) is 4.35. The molecule has 0 saturated carbocycles. The molecule has 2 heterocycles. The Hall–Kier alpha value is -1.54. The van der Waals surface area contributed by atoms with E-state index in [0.29, 0.717) is 5.15 Å². The summed E-state index contributed by atoms with van der Waals surface area (Å²) in [4.78, 5) is 6.80. The quantitative estimate of drug-likeness (QED) is 0.776. The normalized spacial score (nSPS) is 16.2. The average Bonchev–Trinajstić information content (AvgIpc) is 2.49. The fourth-order valence-corrected chi connectivity index (χ4v) is 3.37. The van der Waals surface area contributed by atoms with E-state index in [1.165, 1.54) is 30.5 Å². The summed E-state index contributed by atoms with van der Waals surface area (Å²) in [6.45, 7) is 4.26. The van der Waals surface area contributed by atoms with Crippen LogP contribution in [0.4, 0.5) is 5.69 Å². The van der Waals surface area contributed by atoms with E-state index in [2.05, 4.69) is 46.3 Å². The second-order valence-corrected chi connectivity index (χ2v) is 6.25. The number of rotatable bonds is 3. The molecule has 0 aliphatic carbocycles. The van der Waals surface area contributed by atoms with Crippen molar-refractivity contribution in [3.05, 3.63) is 58.9 Å². The fraction of sp³-hybridized carbons (Fsp3) is 0.389. The van der Waals surface area contributed by atoms with Gasteiger partial charge in [0, 0.05) is 13.1 Å². The molecule has 0 N–H and O–H groups in total. The largest absolute Gasteiger partial charge is 0.370 e. The molecule has 1 aromatic heterocycles. The van der Waals surface area contributed by atoms with Crippen LogP contribution < -0.4 is 4.90 Å².